The molecule has 0 aliphatic carbocycles. The number of aliphatic carboxylic acids is 1. The highest BCUT2D eigenvalue weighted by atomic mass is 19.3. The van der Waals surface area contributed by atoms with Crippen molar-refractivity contribution in [1.82, 2.24) is 0 Å². The number of carboxylic acids is 1. The van der Waals surface area contributed by atoms with E-state index >= 15 is 0 Å². The van der Waals surface area contributed by atoms with E-state index in [1.807, 2.05) is 6.92 Å². The molecule has 0 spiro atoms. The van der Waals surface area contributed by atoms with E-state index < -0.39 is 30.2 Å². The van der Waals surface area contributed by atoms with Crippen LogP contribution in [-0.2, 0) is 4.79 Å². The molecule has 0 bridgehead atoms. The second-order valence-electron chi connectivity index (χ2n) is 4.68. The van der Waals surface area contributed by atoms with Gasteiger partial charge in [0.25, 0.3) is 0 Å². The van der Waals surface area contributed by atoms with Crippen molar-refractivity contribution in [2.45, 2.75) is 69.6 Å². The zero-order valence-electron chi connectivity index (χ0n) is 11.1. The fraction of sp³-hybridized carbons (Fsp3) is 0.917. The van der Waals surface area contributed by atoms with Crippen LogP contribution >= 0.6 is 0 Å². The lowest BCUT2D eigenvalue weighted by molar-refractivity contribution is -0.305. The molecular weight excluding hydrogens is 290 g/mol. The Hall–Kier alpha value is -0.950. The van der Waals surface area contributed by atoms with Crippen molar-refractivity contribution in [2.75, 3.05) is 0 Å². The van der Waals surface area contributed by atoms with Gasteiger partial charge in [-0.2, -0.15) is 26.3 Å². The molecule has 0 radical (unpaired) electrons. The quantitative estimate of drug-likeness (QED) is 0.468. The summed E-state index contributed by atoms with van der Waals surface area (Å²) in [4.78, 5) is 10.00. The second kappa shape index (κ2) is 7.17. The summed E-state index contributed by atoms with van der Waals surface area (Å²) < 4.78 is 77.6. The van der Waals surface area contributed by atoms with Crippen molar-refractivity contribution in [1.29, 1.82) is 0 Å². The maximum Gasteiger partial charge on any atom is 0.410 e. The number of hydrogen-bond acceptors (Lipinski definition) is 1. The minimum absolute atomic E-state index is 0.213. The van der Waals surface area contributed by atoms with Gasteiger partial charge in [-0.3, -0.25) is 0 Å². The first-order chi connectivity index (χ1) is 9.00. The fourth-order valence-electron chi connectivity index (χ4n) is 1.65. The van der Waals surface area contributed by atoms with Crippen LogP contribution in [0.2, 0.25) is 0 Å². The molecule has 0 aliphatic rings. The molecule has 0 unspecified atom stereocenters. The van der Waals surface area contributed by atoms with Gasteiger partial charge in [0.2, 0.25) is 0 Å². The molecule has 1 N–H and O–H groups in total. The number of carbonyl (C=O) groups is 1. The third kappa shape index (κ3) is 4.28. The number of hydrogen-bond donors (Lipinski definition) is 1. The van der Waals surface area contributed by atoms with Crippen molar-refractivity contribution in [2.24, 2.45) is 0 Å². The lowest BCUT2D eigenvalue weighted by Crippen LogP contribution is -2.57. The average Bonchev–Trinajstić information content (AvgIpc) is 2.32. The van der Waals surface area contributed by atoms with Gasteiger partial charge in [0.05, 0.1) is 0 Å². The molecule has 0 aromatic rings. The van der Waals surface area contributed by atoms with Crippen molar-refractivity contribution >= 4 is 5.97 Å². The summed E-state index contributed by atoms with van der Waals surface area (Å²) in [5.74, 6) is -20.0. The molecule has 120 valence electrons. The maximum absolute atomic E-state index is 13.1. The monoisotopic (exact) mass is 308 g/mol. The summed E-state index contributed by atoms with van der Waals surface area (Å²) in [7, 11) is 0. The molecule has 0 rings (SSSR count). The Labute approximate surface area is 113 Å². The smallest absolute Gasteiger partial charge is 0.410 e. The fourth-order valence-corrected chi connectivity index (χ4v) is 1.65. The Morgan fingerprint density at radius 1 is 0.900 bits per heavy atom. The van der Waals surface area contributed by atoms with Crippen LogP contribution in [-0.4, -0.2) is 28.8 Å². The molecule has 0 aromatic heterocycles. The van der Waals surface area contributed by atoms with Crippen molar-refractivity contribution in [3.05, 3.63) is 0 Å². The zero-order chi connectivity index (χ0) is 16.0. The predicted molar refractivity (Wildman–Crippen MR) is 60.5 cm³/mol. The third-order valence-corrected chi connectivity index (χ3v) is 2.97. The van der Waals surface area contributed by atoms with E-state index in [0.717, 1.165) is 19.3 Å². The molecule has 0 aromatic carbocycles. The minimum Gasteiger partial charge on any atom is -0.477 e. The van der Waals surface area contributed by atoms with Crippen LogP contribution in [0.4, 0.5) is 26.3 Å². The minimum atomic E-state index is -5.91. The number of carboxylic acid groups (broad SMARTS) is 1. The Morgan fingerprint density at radius 3 is 1.80 bits per heavy atom. The predicted octanol–water partition coefficient (Wildman–Crippen LogP) is 4.73. The standard InChI is InChI=1S/C12H18F6O2/c1-2-3-4-5-6-7-8-10(13,14)12(17,18)11(15,16)9(19)20/h2-8H2,1H3,(H,19,20). The highest BCUT2D eigenvalue weighted by Gasteiger charge is 2.74. The molecular formula is C12H18F6O2. The van der Waals surface area contributed by atoms with Gasteiger partial charge in [-0.1, -0.05) is 39.0 Å². The molecule has 0 aliphatic heterocycles. The molecule has 2 nitrogen and oxygen atoms in total. The van der Waals surface area contributed by atoms with Gasteiger partial charge in [-0.05, 0) is 6.42 Å². The largest absolute Gasteiger partial charge is 0.477 e. The zero-order valence-corrected chi connectivity index (χ0v) is 11.1. The molecule has 0 saturated carbocycles. The van der Waals surface area contributed by atoms with Gasteiger partial charge in [-0.15, -0.1) is 0 Å². The summed E-state index contributed by atoms with van der Waals surface area (Å²) in [6.45, 7) is 1.93. The summed E-state index contributed by atoms with van der Waals surface area (Å²) in [5, 5.41) is 7.95. The van der Waals surface area contributed by atoms with E-state index in [-0.39, 0.29) is 12.8 Å². The lowest BCUT2D eigenvalue weighted by Gasteiger charge is -2.30. The highest BCUT2D eigenvalue weighted by Crippen LogP contribution is 2.48. The first kappa shape index (κ1) is 19.1. The van der Waals surface area contributed by atoms with Gasteiger partial charge in [0, 0.05) is 6.42 Å². The van der Waals surface area contributed by atoms with Crippen LogP contribution in [0.1, 0.15) is 51.9 Å². The SMILES string of the molecule is CCCCCCCCC(F)(F)C(F)(F)C(F)(F)C(=O)O. The first-order valence-electron chi connectivity index (χ1n) is 6.37. The van der Waals surface area contributed by atoms with Crippen LogP contribution < -0.4 is 0 Å². The highest BCUT2D eigenvalue weighted by molar-refractivity contribution is 5.77. The van der Waals surface area contributed by atoms with Gasteiger partial charge in [-0.25, -0.2) is 4.79 Å². The Bertz CT molecular complexity index is 317. The van der Waals surface area contributed by atoms with E-state index in [2.05, 4.69) is 0 Å². The summed E-state index contributed by atoms with van der Waals surface area (Å²) in [5.41, 5.74) is 0. The third-order valence-electron chi connectivity index (χ3n) is 2.97. The molecule has 0 saturated heterocycles. The average molecular weight is 308 g/mol. The molecule has 0 atom stereocenters. The van der Waals surface area contributed by atoms with E-state index in [1.165, 1.54) is 0 Å². The Kier molecular flexibility index (Phi) is 6.83. The Morgan fingerprint density at radius 2 is 1.35 bits per heavy atom. The summed E-state index contributed by atoms with van der Waals surface area (Å²) in [6, 6.07) is 0. The normalized spacial score (nSPS) is 13.6. The molecule has 0 heterocycles. The number of alkyl halides is 6. The topological polar surface area (TPSA) is 37.3 Å². The second-order valence-corrected chi connectivity index (χ2v) is 4.68. The lowest BCUT2D eigenvalue weighted by atomic mass is 9.98. The van der Waals surface area contributed by atoms with E-state index in [1.54, 1.807) is 0 Å². The van der Waals surface area contributed by atoms with Crippen LogP contribution in [0.15, 0.2) is 0 Å². The summed E-state index contributed by atoms with van der Waals surface area (Å²) >= 11 is 0. The van der Waals surface area contributed by atoms with Crippen molar-refractivity contribution in [3.8, 4) is 0 Å². The Balaban J connectivity index is 4.51. The first-order valence-corrected chi connectivity index (χ1v) is 6.37. The van der Waals surface area contributed by atoms with Gasteiger partial charge < -0.3 is 5.11 Å². The van der Waals surface area contributed by atoms with E-state index in [9.17, 15) is 31.1 Å². The number of rotatable bonds is 10. The number of halogens is 6. The molecule has 20 heavy (non-hydrogen) atoms. The van der Waals surface area contributed by atoms with E-state index in [0.29, 0.717) is 6.42 Å². The maximum atomic E-state index is 13.1. The van der Waals surface area contributed by atoms with E-state index in [4.69, 9.17) is 5.11 Å². The number of unbranched alkanes of at least 4 members (excludes halogenated alkanes) is 5. The molecule has 0 fully saturated rings. The van der Waals surface area contributed by atoms with Crippen LogP contribution in [0, 0.1) is 0 Å². The van der Waals surface area contributed by atoms with Gasteiger partial charge in [0.1, 0.15) is 0 Å². The van der Waals surface area contributed by atoms with Crippen molar-refractivity contribution < 1.29 is 36.2 Å². The van der Waals surface area contributed by atoms with Gasteiger partial charge >= 0.3 is 23.7 Å². The van der Waals surface area contributed by atoms with Gasteiger partial charge in [0.15, 0.2) is 0 Å². The summed E-state index contributed by atoms with van der Waals surface area (Å²) in [6.07, 6.45) is 1.48. The molecule has 8 heteroatoms. The van der Waals surface area contributed by atoms with Crippen LogP contribution in [0.25, 0.3) is 0 Å². The van der Waals surface area contributed by atoms with Crippen LogP contribution in [0.3, 0.4) is 0 Å². The van der Waals surface area contributed by atoms with Crippen LogP contribution in [0.5, 0.6) is 0 Å². The molecule has 0 amide bonds. The van der Waals surface area contributed by atoms with Crippen molar-refractivity contribution in [3.63, 3.8) is 0 Å².